The van der Waals surface area contributed by atoms with E-state index in [-0.39, 0.29) is 17.8 Å². The van der Waals surface area contributed by atoms with Crippen LogP contribution in [0.5, 0.6) is 0 Å². The number of anilines is 1. The van der Waals surface area contributed by atoms with Crippen molar-refractivity contribution in [1.82, 2.24) is 0 Å². The summed E-state index contributed by atoms with van der Waals surface area (Å²) >= 11 is 0. The minimum absolute atomic E-state index is 0.0783. The van der Waals surface area contributed by atoms with E-state index in [1.807, 2.05) is 6.92 Å². The van der Waals surface area contributed by atoms with Gasteiger partial charge in [0.2, 0.25) is 5.82 Å². The zero-order chi connectivity index (χ0) is 13.3. The average molecular weight is 258 g/mol. The van der Waals surface area contributed by atoms with Gasteiger partial charge >= 0.3 is 5.69 Å². The molecule has 0 amide bonds. The summed E-state index contributed by atoms with van der Waals surface area (Å²) in [5.41, 5.74) is -0.823. The number of hydrogen-bond donors (Lipinski definition) is 1. The van der Waals surface area contributed by atoms with Gasteiger partial charge in [-0.3, -0.25) is 10.1 Å². The van der Waals surface area contributed by atoms with Gasteiger partial charge < -0.3 is 10.1 Å². The number of nitro groups is 1. The summed E-state index contributed by atoms with van der Waals surface area (Å²) in [7, 11) is 0. The number of hydrogen-bond acceptors (Lipinski definition) is 4. The fourth-order valence-electron chi connectivity index (χ4n) is 1.91. The highest BCUT2D eigenvalue weighted by Gasteiger charge is 2.26. The van der Waals surface area contributed by atoms with Crippen LogP contribution in [0.1, 0.15) is 13.3 Å². The Morgan fingerprint density at radius 1 is 1.44 bits per heavy atom. The molecular weight excluding hydrogens is 246 g/mol. The van der Waals surface area contributed by atoms with Gasteiger partial charge in [-0.15, -0.1) is 0 Å². The van der Waals surface area contributed by atoms with E-state index >= 15 is 0 Å². The highest BCUT2D eigenvalue weighted by molar-refractivity contribution is 5.53. The van der Waals surface area contributed by atoms with Gasteiger partial charge in [-0.25, -0.2) is 4.39 Å². The lowest BCUT2D eigenvalue weighted by molar-refractivity contribution is -0.387. The third-order valence-electron chi connectivity index (χ3n) is 2.95. The van der Waals surface area contributed by atoms with Crippen molar-refractivity contribution in [2.45, 2.75) is 25.5 Å². The zero-order valence-electron chi connectivity index (χ0n) is 9.65. The summed E-state index contributed by atoms with van der Waals surface area (Å²) in [6.45, 7) is 2.37. The van der Waals surface area contributed by atoms with Crippen LogP contribution in [-0.2, 0) is 4.74 Å². The van der Waals surface area contributed by atoms with Crippen LogP contribution in [0.15, 0.2) is 12.1 Å². The maximum atomic E-state index is 13.5. The van der Waals surface area contributed by atoms with Gasteiger partial charge in [0.25, 0.3) is 0 Å². The van der Waals surface area contributed by atoms with Gasteiger partial charge in [0, 0.05) is 18.7 Å². The third-order valence-corrected chi connectivity index (χ3v) is 2.95. The van der Waals surface area contributed by atoms with Crippen LogP contribution in [-0.4, -0.2) is 23.7 Å². The predicted octanol–water partition coefficient (Wildman–Crippen LogP) is 2.46. The lowest BCUT2D eigenvalue weighted by atomic mass is 10.1. The van der Waals surface area contributed by atoms with E-state index in [1.54, 1.807) is 0 Å². The van der Waals surface area contributed by atoms with Crippen molar-refractivity contribution in [1.29, 1.82) is 0 Å². The molecule has 98 valence electrons. The van der Waals surface area contributed by atoms with Gasteiger partial charge in [0.1, 0.15) is 5.82 Å². The molecule has 1 aromatic carbocycles. The summed E-state index contributed by atoms with van der Waals surface area (Å²) in [4.78, 5) is 9.70. The topological polar surface area (TPSA) is 64.4 Å². The van der Waals surface area contributed by atoms with E-state index in [0.29, 0.717) is 19.1 Å². The fourth-order valence-corrected chi connectivity index (χ4v) is 1.91. The number of benzene rings is 1. The molecule has 1 heterocycles. The van der Waals surface area contributed by atoms with Crippen molar-refractivity contribution < 1.29 is 18.4 Å². The van der Waals surface area contributed by atoms with Crippen LogP contribution < -0.4 is 5.32 Å². The van der Waals surface area contributed by atoms with Gasteiger partial charge in [0.05, 0.1) is 22.8 Å². The van der Waals surface area contributed by atoms with E-state index in [0.717, 1.165) is 6.07 Å². The van der Waals surface area contributed by atoms with Crippen molar-refractivity contribution in [3.63, 3.8) is 0 Å². The van der Waals surface area contributed by atoms with Crippen LogP contribution in [0.2, 0.25) is 0 Å². The summed E-state index contributed by atoms with van der Waals surface area (Å²) in [5.74, 6) is -2.03. The second-order valence-electron chi connectivity index (χ2n) is 4.16. The standard InChI is InChI=1S/C11H12F2N2O3/c1-6-9(2-3-18-6)14-10-5-11(15(16)17)8(13)4-7(10)12/h4-6,9,14H,2-3H2,1H3. The van der Waals surface area contributed by atoms with E-state index in [9.17, 15) is 18.9 Å². The number of halogens is 2. The Hall–Kier alpha value is -1.76. The number of rotatable bonds is 3. The molecule has 1 fully saturated rings. The highest BCUT2D eigenvalue weighted by atomic mass is 19.1. The van der Waals surface area contributed by atoms with E-state index < -0.39 is 22.2 Å². The van der Waals surface area contributed by atoms with E-state index in [1.165, 1.54) is 0 Å². The van der Waals surface area contributed by atoms with E-state index in [2.05, 4.69) is 5.32 Å². The smallest absolute Gasteiger partial charge is 0.307 e. The van der Waals surface area contributed by atoms with Crippen molar-refractivity contribution >= 4 is 11.4 Å². The van der Waals surface area contributed by atoms with Crippen molar-refractivity contribution in [2.75, 3.05) is 11.9 Å². The van der Waals surface area contributed by atoms with Crippen LogP contribution in [0, 0.1) is 21.7 Å². The molecule has 1 aromatic rings. The first-order valence-electron chi connectivity index (χ1n) is 5.50. The molecule has 7 heteroatoms. The second-order valence-corrected chi connectivity index (χ2v) is 4.16. The molecule has 1 aliphatic heterocycles. The maximum Gasteiger partial charge on any atom is 0.307 e. The second kappa shape index (κ2) is 4.85. The summed E-state index contributed by atoms with van der Waals surface area (Å²) in [6.07, 6.45) is 0.555. The zero-order valence-corrected chi connectivity index (χ0v) is 9.65. The molecular formula is C11H12F2N2O3. The van der Waals surface area contributed by atoms with Gasteiger partial charge in [0.15, 0.2) is 0 Å². The van der Waals surface area contributed by atoms with Crippen LogP contribution >= 0.6 is 0 Å². The molecule has 1 aliphatic rings. The predicted molar refractivity (Wildman–Crippen MR) is 60.5 cm³/mol. The summed E-state index contributed by atoms with van der Waals surface area (Å²) in [5, 5.41) is 13.4. The molecule has 2 rings (SSSR count). The first kappa shape index (κ1) is 12.7. The van der Waals surface area contributed by atoms with Gasteiger partial charge in [-0.05, 0) is 13.3 Å². The monoisotopic (exact) mass is 258 g/mol. The molecule has 1 saturated heterocycles. The number of nitrogens with one attached hydrogen (secondary N) is 1. The molecule has 2 atom stereocenters. The highest BCUT2D eigenvalue weighted by Crippen LogP contribution is 2.27. The Labute approximate surface area is 102 Å². The minimum Gasteiger partial charge on any atom is -0.377 e. The Bertz CT molecular complexity index is 482. The Kier molecular flexibility index (Phi) is 3.42. The summed E-state index contributed by atoms with van der Waals surface area (Å²) < 4.78 is 31.9. The SMILES string of the molecule is CC1OCCC1Nc1cc([N+](=O)[O-])c(F)cc1F. The molecule has 1 N–H and O–H groups in total. The Morgan fingerprint density at radius 3 is 2.72 bits per heavy atom. The van der Waals surface area contributed by atoms with Gasteiger partial charge in [-0.2, -0.15) is 4.39 Å². The van der Waals surface area contributed by atoms with Gasteiger partial charge in [-0.1, -0.05) is 0 Å². The largest absolute Gasteiger partial charge is 0.377 e. The fraction of sp³-hybridized carbons (Fsp3) is 0.455. The molecule has 0 radical (unpaired) electrons. The van der Waals surface area contributed by atoms with Crippen LogP contribution in [0.3, 0.4) is 0 Å². The Balaban J connectivity index is 2.27. The number of nitro benzene ring substituents is 1. The molecule has 0 saturated carbocycles. The lowest BCUT2D eigenvalue weighted by Crippen LogP contribution is -2.27. The Morgan fingerprint density at radius 2 is 2.17 bits per heavy atom. The van der Waals surface area contributed by atoms with Crippen molar-refractivity contribution in [3.8, 4) is 0 Å². The molecule has 0 spiro atoms. The lowest BCUT2D eigenvalue weighted by Gasteiger charge is -2.17. The van der Waals surface area contributed by atoms with Crippen LogP contribution in [0.25, 0.3) is 0 Å². The number of ether oxygens (including phenoxy) is 1. The average Bonchev–Trinajstić information content (AvgIpc) is 2.67. The first-order valence-corrected chi connectivity index (χ1v) is 5.50. The number of nitrogens with zero attached hydrogens (tertiary/aromatic N) is 1. The molecule has 18 heavy (non-hydrogen) atoms. The van der Waals surface area contributed by atoms with Crippen molar-refractivity contribution in [3.05, 3.63) is 33.9 Å². The van der Waals surface area contributed by atoms with Crippen LogP contribution in [0.4, 0.5) is 20.2 Å². The minimum atomic E-state index is -1.18. The third kappa shape index (κ3) is 2.40. The molecule has 0 aromatic heterocycles. The normalized spacial score (nSPS) is 23.1. The van der Waals surface area contributed by atoms with E-state index in [4.69, 9.17) is 4.74 Å². The molecule has 0 bridgehead atoms. The molecule has 5 nitrogen and oxygen atoms in total. The first-order chi connectivity index (χ1) is 8.49. The molecule has 0 aliphatic carbocycles. The molecule has 2 unspecified atom stereocenters. The maximum absolute atomic E-state index is 13.5. The summed E-state index contributed by atoms with van der Waals surface area (Å²) in [6, 6.07) is 1.25. The quantitative estimate of drug-likeness (QED) is 0.668. The van der Waals surface area contributed by atoms with Crippen molar-refractivity contribution in [2.24, 2.45) is 0 Å².